The van der Waals surface area contributed by atoms with Crippen LogP contribution in [0.3, 0.4) is 0 Å². The van der Waals surface area contributed by atoms with Gasteiger partial charge in [-0.2, -0.15) is 0 Å². The Morgan fingerprint density at radius 1 is 1.07 bits per heavy atom. The molecule has 6 nitrogen and oxygen atoms in total. The molecular weight excluding hydrogens is 342 g/mol. The Balaban J connectivity index is 1.46. The van der Waals surface area contributed by atoms with Crippen LogP contribution < -0.4 is 5.56 Å². The Morgan fingerprint density at radius 2 is 1.93 bits per heavy atom. The third-order valence-corrected chi connectivity index (χ3v) is 6.60. The summed E-state index contributed by atoms with van der Waals surface area (Å²) in [7, 11) is 1.74. The number of carbonyl (C=O) groups excluding carboxylic acids is 2. The number of hydrogen-bond donors (Lipinski definition) is 0. The molecule has 0 aliphatic carbocycles. The maximum atomic E-state index is 13.2. The average Bonchev–Trinajstić information content (AvgIpc) is 3.28. The number of nitrogens with zero attached hydrogens (tertiary/aromatic N) is 3. The third kappa shape index (κ3) is 3.54. The van der Waals surface area contributed by atoms with Gasteiger partial charge in [-0.1, -0.05) is 12.8 Å². The monoisotopic (exact) mass is 371 g/mol. The van der Waals surface area contributed by atoms with Crippen molar-refractivity contribution >= 4 is 11.8 Å². The molecule has 1 unspecified atom stereocenters. The van der Waals surface area contributed by atoms with Crippen molar-refractivity contribution in [2.45, 2.75) is 69.4 Å². The van der Waals surface area contributed by atoms with Crippen molar-refractivity contribution in [3.8, 4) is 0 Å². The first-order chi connectivity index (χ1) is 13.0. The summed E-state index contributed by atoms with van der Waals surface area (Å²) in [5.74, 6) is 0.485. The Bertz CT molecular complexity index is 787. The van der Waals surface area contributed by atoms with E-state index in [0.29, 0.717) is 19.5 Å². The second-order valence-electron chi connectivity index (χ2n) is 8.33. The predicted molar refractivity (Wildman–Crippen MR) is 102 cm³/mol. The first kappa shape index (κ1) is 18.3. The van der Waals surface area contributed by atoms with Crippen LogP contribution in [-0.2, 0) is 16.6 Å². The lowest BCUT2D eigenvalue weighted by Crippen LogP contribution is -2.50. The SMILES string of the molecule is Cn1ccc(C2CCN(C(=O)[C@@H]3CC[C@@H]4CCCCCC(=O)N43)C2)cc1=O. The van der Waals surface area contributed by atoms with Crippen molar-refractivity contribution in [1.29, 1.82) is 0 Å². The van der Waals surface area contributed by atoms with Crippen LogP contribution in [0.1, 0.15) is 62.8 Å². The van der Waals surface area contributed by atoms with Crippen LogP contribution in [0, 0.1) is 0 Å². The molecule has 0 aromatic carbocycles. The van der Waals surface area contributed by atoms with Crippen molar-refractivity contribution < 1.29 is 9.59 Å². The maximum Gasteiger partial charge on any atom is 0.250 e. The van der Waals surface area contributed by atoms with Gasteiger partial charge in [0.15, 0.2) is 0 Å². The summed E-state index contributed by atoms with van der Waals surface area (Å²) >= 11 is 0. The fraction of sp³-hybridized carbons (Fsp3) is 0.667. The molecule has 1 aromatic rings. The zero-order chi connectivity index (χ0) is 19.0. The van der Waals surface area contributed by atoms with Crippen molar-refractivity contribution in [3.05, 3.63) is 34.2 Å². The largest absolute Gasteiger partial charge is 0.340 e. The minimum Gasteiger partial charge on any atom is -0.340 e. The number of carbonyl (C=O) groups is 2. The van der Waals surface area contributed by atoms with E-state index >= 15 is 0 Å². The summed E-state index contributed by atoms with van der Waals surface area (Å²) in [6.45, 7) is 1.36. The fourth-order valence-electron chi connectivity index (χ4n) is 5.01. The zero-order valence-electron chi connectivity index (χ0n) is 16.1. The molecule has 0 bridgehead atoms. The summed E-state index contributed by atoms with van der Waals surface area (Å²) in [6.07, 6.45) is 9.25. The van der Waals surface area contributed by atoms with Gasteiger partial charge in [-0.05, 0) is 43.7 Å². The highest BCUT2D eigenvalue weighted by Gasteiger charge is 2.43. The van der Waals surface area contributed by atoms with E-state index in [4.69, 9.17) is 0 Å². The molecule has 2 amide bonds. The molecule has 0 saturated carbocycles. The van der Waals surface area contributed by atoms with Crippen LogP contribution in [0.25, 0.3) is 0 Å². The van der Waals surface area contributed by atoms with E-state index < -0.39 is 0 Å². The molecule has 4 heterocycles. The molecule has 3 aliphatic rings. The van der Waals surface area contributed by atoms with Gasteiger partial charge < -0.3 is 14.4 Å². The molecule has 3 atom stereocenters. The first-order valence-corrected chi connectivity index (χ1v) is 10.3. The number of amides is 2. The van der Waals surface area contributed by atoms with Gasteiger partial charge in [0.1, 0.15) is 6.04 Å². The molecule has 4 rings (SSSR count). The lowest BCUT2D eigenvalue weighted by molar-refractivity contribution is -0.145. The molecule has 0 spiro atoms. The Morgan fingerprint density at radius 3 is 2.74 bits per heavy atom. The fourth-order valence-corrected chi connectivity index (χ4v) is 5.01. The second kappa shape index (κ2) is 7.49. The molecule has 0 N–H and O–H groups in total. The number of rotatable bonds is 2. The zero-order valence-corrected chi connectivity index (χ0v) is 16.1. The predicted octanol–water partition coefficient (Wildman–Crippen LogP) is 2.02. The Kier molecular flexibility index (Phi) is 5.06. The van der Waals surface area contributed by atoms with Crippen molar-refractivity contribution in [3.63, 3.8) is 0 Å². The minimum atomic E-state index is -0.275. The molecule has 3 aliphatic heterocycles. The molecule has 146 valence electrons. The van der Waals surface area contributed by atoms with Crippen molar-refractivity contribution in [2.24, 2.45) is 7.05 Å². The molecule has 6 heteroatoms. The van der Waals surface area contributed by atoms with E-state index in [1.165, 1.54) is 0 Å². The standard InChI is InChI=1S/C21H29N3O3/c1-22-11-9-15(13-20(22)26)16-10-12-23(14-16)21(27)18-8-7-17-5-3-2-4-6-19(25)24(17)18/h9,11,13,16-18H,2-8,10,12,14H2,1H3/t16?,17-,18-/m0/s1. The highest BCUT2D eigenvalue weighted by Crippen LogP contribution is 2.34. The number of pyridine rings is 1. The number of likely N-dealkylation sites (tertiary alicyclic amines) is 1. The van der Waals surface area contributed by atoms with Crippen LogP contribution in [0.2, 0.25) is 0 Å². The minimum absolute atomic E-state index is 0.0119. The normalized spacial score (nSPS) is 28.8. The highest BCUT2D eigenvalue weighted by molar-refractivity contribution is 5.88. The molecule has 3 fully saturated rings. The number of fused-ring (bicyclic) bond motifs is 1. The lowest BCUT2D eigenvalue weighted by Gasteiger charge is -2.33. The van der Waals surface area contributed by atoms with E-state index in [2.05, 4.69) is 0 Å². The van der Waals surface area contributed by atoms with E-state index in [9.17, 15) is 14.4 Å². The Hall–Kier alpha value is -2.11. The maximum absolute atomic E-state index is 13.2. The highest BCUT2D eigenvalue weighted by atomic mass is 16.2. The number of hydrogen-bond acceptors (Lipinski definition) is 3. The van der Waals surface area contributed by atoms with Gasteiger partial charge in [0.2, 0.25) is 11.8 Å². The third-order valence-electron chi connectivity index (χ3n) is 6.60. The van der Waals surface area contributed by atoms with Crippen LogP contribution >= 0.6 is 0 Å². The smallest absolute Gasteiger partial charge is 0.250 e. The number of aryl methyl sites for hydroxylation is 1. The number of aromatic nitrogens is 1. The lowest BCUT2D eigenvalue weighted by atomic mass is 10.00. The van der Waals surface area contributed by atoms with Gasteiger partial charge in [0, 0.05) is 50.8 Å². The van der Waals surface area contributed by atoms with Crippen LogP contribution in [0.4, 0.5) is 0 Å². The van der Waals surface area contributed by atoms with Crippen LogP contribution in [-0.4, -0.2) is 51.4 Å². The van der Waals surface area contributed by atoms with E-state index in [0.717, 1.165) is 50.5 Å². The van der Waals surface area contributed by atoms with Gasteiger partial charge in [0.05, 0.1) is 0 Å². The van der Waals surface area contributed by atoms with Crippen molar-refractivity contribution in [2.75, 3.05) is 13.1 Å². The van der Waals surface area contributed by atoms with Gasteiger partial charge in [-0.15, -0.1) is 0 Å². The van der Waals surface area contributed by atoms with Crippen molar-refractivity contribution in [1.82, 2.24) is 14.4 Å². The second-order valence-corrected chi connectivity index (χ2v) is 8.33. The molecular formula is C21H29N3O3. The average molecular weight is 371 g/mol. The molecule has 1 aromatic heterocycles. The van der Waals surface area contributed by atoms with Gasteiger partial charge in [0.25, 0.3) is 5.56 Å². The molecule has 3 saturated heterocycles. The van der Waals surface area contributed by atoms with Crippen LogP contribution in [0.5, 0.6) is 0 Å². The first-order valence-electron chi connectivity index (χ1n) is 10.3. The summed E-state index contributed by atoms with van der Waals surface area (Å²) in [4.78, 5) is 41.6. The molecule has 27 heavy (non-hydrogen) atoms. The van der Waals surface area contributed by atoms with E-state index in [1.807, 2.05) is 15.9 Å². The van der Waals surface area contributed by atoms with Gasteiger partial charge in [-0.3, -0.25) is 14.4 Å². The summed E-state index contributed by atoms with van der Waals surface area (Å²) < 4.78 is 1.56. The molecule has 0 radical (unpaired) electrons. The summed E-state index contributed by atoms with van der Waals surface area (Å²) in [6, 6.07) is 3.64. The van der Waals surface area contributed by atoms with Gasteiger partial charge in [-0.25, -0.2) is 0 Å². The quantitative estimate of drug-likeness (QED) is 0.799. The summed E-state index contributed by atoms with van der Waals surface area (Å²) in [5, 5.41) is 0. The Labute approximate surface area is 160 Å². The van der Waals surface area contributed by atoms with Gasteiger partial charge >= 0.3 is 0 Å². The van der Waals surface area contributed by atoms with E-state index in [1.54, 1.807) is 23.9 Å². The summed E-state index contributed by atoms with van der Waals surface area (Å²) in [5.41, 5.74) is 1.00. The van der Waals surface area contributed by atoms with Crippen LogP contribution in [0.15, 0.2) is 23.1 Å². The van der Waals surface area contributed by atoms with E-state index in [-0.39, 0.29) is 35.4 Å². The topological polar surface area (TPSA) is 62.6 Å².